The number of rotatable bonds is 7. The molecule has 0 aromatic heterocycles. The smallest absolute Gasteiger partial charge is 0.321 e. The summed E-state index contributed by atoms with van der Waals surface area (Å²) in [6, 6.07) is -0.685. The van der Waals surface area contributed by atoms with E-state index in [1.54, 1.807) is 0 Å². The van der Waals surface area contributed by atoms with E-state index in [1.807, 2.05) is 13.8 Å². The zero-order valence-electron chi connectivity index (χ0n) is 13.6. The van der Waals surface area contributed by atoms with Gasteiger partial charge in [-0.3, -0.25) is 15.0 Å². The first-order valence-corrected chi connectivity index (χ1v) is 8.11. The number of imide groups is 1. The average molecular weight is 298 g/mol. The first-order chi connectivity index (χ1) is 10.1. The van der Waals surface area contributed by atoms with E-state index in [-0.39, 0.29) is 11.9 Å². The van der Waals surface area contributed by atoms with E-state index >= 15 is 0 Å². The highest BCUT2D eigenvalue weighted by molar-refractivity contribution is 5.96. The van der Waals surface area contributed by atoms with Crippen LogP contribution < -0.4 is 16.0 Å². The van der Waals surface area contributed by atoms with E-state index in [2.05, 4.69) is 27.8 Å². The summed E-state index contributed by atoms with van der Waals surface area (Å²) in [5.41, 5.74) is 0. The summed E-state index contributed by atoms with van der Waals surface area (Å²) < 4.78 is 0. The maximum atomic E-state index is 12.2. The van der Waals surface area contributed by atoms with Gasteiger partial charge in [-0.25, -0.2) is 4.79 Å². The summed E-state index contributed by atoms with van der Waals surface area (Å²) in [4.78, 5) is 25.8. The first kappa shape index (κ1) is 17.9. The SMILES string of the molecule is CCCN(CC1CCNCC1)C(C)C(=O)NC(=O)NCC. The van der Waals surface area contributed by atoms with Crippen LogP contribution in [-0.2, 0) is 4.79 Å². The molecule has 1 aliphatic rings. The topological polar surface area (TPSA) is 73.5 Å². The molecule has 3 N–H and O–H groups in total. The third-order valence-corrected chi connectivity index (χ3v) is 3.96. The number of carbonyl (C=O) groups excluding carboxylic acids is 2. The molecule has 0 aromatic rings. The van der Waals surface area contributed by atoms with Crippen molar-refractivity contribution >= 4 is 11.9 Å². The van der Waals surface area contributed by atoms with Gasteiger partial charge in [-0.1, -0.05) is 6.92 Å². The summed E-state index contributed by atoms with van der Waals surface area (Å²) in [6.45, 7) is 10.3. The van der Waals surface area contributed by atoms with Crippen molar-refractivity contribution in [2.24, 2.45) is 5.92 Å². The summed E-state index contributed by atoms with van der Waals surface area (Å²) in [5.74, 6) is 0.417. The monoisotopic (exact) mass is 298 g/mol. The number of nitrogens with zero attached hydrogens (tertiary/aromatic N) is 1. The average Bonchev–Trinajstić information content (AvgIpc) is 2.47. The number of hydrogen-bond acceptors (Lipinski definition) is 4. The van der Waals surface area contributed by atoms with Crippen molar-refractivity contribution in [2.75, 3.05) is 32.7 Å². The third-order valence-electron chi connectivity index (χ3n) is 3.96. The molecule has 0 spiro atoms. The summed E-state index contributed by atoms with van der Waals surface area (Å²) in [6.07, 6.45) is 3.32. The summed E-state index contributed by atoms with van der Waals surface area (Å²) >= 11 is 0. The third kappa shape index (κ3) is 6.44. The molecule has 0 radical (unpaired) electrons. The highest BCUT2D eigenvalue weighted by atomic mass is 16.2. The first-order valence-electron chi connectivity index (χ1n) is 8.11. The van der Waals surface area contributed by atoms with Gasteiger partial charge in [-0.05, 0) is 58.7 Å². The molecule has 6 nitrogen and oxygen atoms in total. The molecule has 0 aromatic carbocycles. The van der Waals surface area contributed by atoms with Gasteiger partial charge in [0.15, 0.2) is 0 Å². The Balaban J connectivity index is 2.52. The van der Waals surface area contributed by atoms with Gasteiger partial charge in [-0.2, -0.15) is 0 Å². The Morgan fingerprint density at radius 2 is 1.95 bits per heavy atom. The summed E-state index contributed by atoms with van der Waals surface area (Å²) in [5, 5.41) is 8.36. The Morgan fingerprint density at radius 3 is 2.52 bits per heavy atom. The molecule has 6 heteroatoms. The second-order valence-electron chi connectivity index (χ2n) is 5.71. The van der Waals surface area contributed by atoms with Gasteiger partial charge in [-0.15, -0.1) is 0 Å². The van der Waals surface area contributed by atoms with Gasteiger partial charge in [0.05, 0.1) is 6.04 Å². The van der Waals surface area contributed by atoms with Crippen molar-refractivity contribution in [3.63, 3.8) is 0 Å². The Hall–Kier alpha value is -1.14. The number of amides is 3. The van der Waals surface area contributed by atoms with E-state index < -0.39 is 6.03 Å². The van der Waals surface area contributed by atoms with Crippen LogP contribution in [0.5, 0.6) is 0 Å². The van der Waals surface area contributed by atoms with E-state index in [0.717, 1.165) is 45.4 Å². The number of carbonyl (C=O) groups is 2. The fourth-order valence-corrected chi connectivity index (χ4v) is 2.71. The molecule has 1 unspecified atom stereocenters. The minimum atomic E-state index is -0.410. The summed E-state index contributed by atoms with van der Waals surface area (Å²) in [7, 11) is 0. The standard InChI is InChI=1S/C15H30N4O2/c1-4-10-19(11-13-6-8-16-9-7-13)12(3)14(20)18-15(21)17-5-2/h12-13,16H,4-11H2,1-3H3,(H2,17,18,20,21). The molecule has 1 heterocycles. The quantitative estimate of drug-likeness (QED) is 0.654. The molecule has 1 fully saturated rings. The Bertz CT molecular complexity index is 330. The van der Waals surface area contributed by atoms with Crippen LogP contribution in [-0.4, -0.2) is 55.6 Å². The number of nitrogens with one attached hydrogen (secondary N) is 3. The van der Waals surface area contributed by atoms with Crippen molar-refractivity contribution in [3.8, 4) is 0 Å². The molecule has 122 valence electrons. The molecule has 3 amide bonds. The van der Waals surface area contributed by atoms with E-state index in [1.165, 1.54) is 0 Å². The van der Waals surface area contributed by atoms with Crippen molar-refractivity contribution in [1.82, 2.24) is 20.9 Å². The van der Waals surface area contributed by atoms with Gasteiger partial charge in [0.2, 0.25) is 5.91 Å². The zero-order valence-corrected chi connectivity index (χ0v) is 13.6. The van der Waals surface area contributed by atoms with Crippen molar-refractivity contribution in [2.45, 2.75) is 46.1 Å². The molecule has 0 bridgehead atoms. The highest BCUT2D eigenvalue weighted by Crippen LogP contribution is 2.15. The zero-order chi connectivity index (χ0) is 15.7. The Morgan fingerprint density at radius 1 is 1.29 bits per heavy atom. The predicted octanol–water partition coefficient (Wildman–Crippen LogP) is 0.932. The lowest BCUT2D eigenvalue weighted by molar-refractivity contribution is -0.125. The molecule has 1 aliphatic heterocycles. The lowest BCUT2D eigenvalue weighted by atomic mass is 9.97. The van der Waals surface area contributed by atoms with Gasteiger partial charge >= 0.3 is 6.03 Å². The van der Waals surface area contributed by atoms with Crippen LogP contribution in [0.1, 0.15) is 40.0 Å². The van der Waals surface area contributed by atoms with E-state index in [0.29, 0.717) is 12.5 Å². The molecule has 1 atom stereocenters. The second kappa shape index (κ2) is 9.73. The molecule has 21 heavy (non-hydrogen) atoms. The van der Waals surface area contributed by atoms with Crippen LogP contribution >= 0.6 is 0 Å². The van der Waals surface area contributed by atoms with Crippen LogP contribution in [0.4, 0.5) is 4.79 Å². The number of hydrogen-bond donors (Lipinski definition) is 3. The number of piperidine rings is 1. The van der Waals surface area contributed by atoms with Crippen molar-refractivity contribution in [1.29, 1.82) is 0 Å². The van der Waals surface area contributed by atoms with E-state index in [4.69, 9.17) is 0 Å². The van der Waals surface area contributed by atoms with Gasteiger partial charge in [0, 0.05) is 13.1 Å². The van der Waals surface area contributed by atoms with Crippen LogP contribution in [0.15, 0.2) is 0 Å². The largest absolute Gasteiger partial charge is 0.338 e. The van der Waals surface area contributed by atoms with Gasteiger partial charge in [0.25, 0.3) is 0 Å². The van der Waals surface area contributed by atoms with Crippen LogP contribution in [0.25, 0.3) is 0 Å². The lowest BCUT2D eigenvalue weighted by Crippen LogP contribution is -2.51. The van der Waals surface area contributed by atoms with Gasteiger partial charge in [0.1, 0.15) is 0 Å². The normalized spacial score (nSPS) is 17.5. The minimum Gasteiger partial charge on any atom is -0.338 e. The Kier molecular flexibility index (Phi) is 8.30. The van der Waals surface area contributed by atoms with Crippen molar-refractivity contribution in [3.05, 3.63) is 0 Å². The lowest BCUT2D eigenvalue weighted by Gasteiger charge is -2.33. The van der Waals surface area contributed by atoms with Crippen LogP contribution in [0.3, 0.4) is 0 Å². The molecule has 0 aliphatic carbocycles. The maximum Gasteiger partial charge on any atom is 0.321 e. The molecular formula is C15H30N4O2. The van der Waals surface area contributed by atoms with Gasteiger partial charge < -0.3 is 10.6 Å². The Labute approximate surface area is 128 Å². The molecule has 1 rings (SSSR count). The fourth-order valence-electron chi connectivity index (χ4n) is 2.71. The van der Waals surface area contributed by atoms with Crippen LogP contribution in [0, 0.1) is 5.92 Å². The highest BCUT2D eigenvalue weighted by Gasteiger charge is 2.25. The minimum absolute atomic E-state index is 0.219. The van der Waals surface area contributed by atoms with Crippen LogP contribution in [0.2, 0.25) is 0 Å². The van der Waals surface area contributed by atoms with E-state index in [9.17, 15) is 9.59 Å². The molecule has 1 saturated heterocycles. The molecule has 0 saturated carbocycles. The second-order valence-corrected chi connectivity index (χ2v) is 5.71. The fraction of sp³-hybridized carbons (Fsp3) is 0.867. The predicted molar refractivity (Wildman–Crippen MR) is 84.1 cm³/mol. The number of urea groups is 1. The maximum absolute atomic E-state index is 12.2. The molecular weight excluding hydrogens is 268 g/mol. The van der Waals surface area contributed by atoms with Crippen molar-refractivity contribution < 1.29 is 9.59 Å².